The lowest BCUT2D eigenvalue weighted by molar-refractivity contribution is 0.495. The predicted octanol–water partition coefficient (Wildman–Crippen LogP) is 3.54. The summed E-state index contributed by atoms with van der Waals surface area (Å²) in [7, 11) is 0. The summed E-state index contributed by atoms with van der Waals surface area (Å²) in [6.07, 6.45) is 6.37. The third-order valence-electron chi connectivity index (χ3n) is 3.52. The van der Waals surface area contributed by atoms with Crippen LogP contribution in [0.1, 0.15) is 30.4 Å². The van der Waals surface area contributed by atoms with Crippen molar-refractivity contribution in [1.82, 2.24) is 0 Å². The fourth-order valence-corrected chi connectivity index (χ4v) is 3.07. The molecule has 1 nitrogen and oxygen atoms in total. The van der Waals surface area contributed by atoms with Crippen LogP contribution in [0.3, 0.4) is 0 Å². The number of benzene rings is 1. The fraction of sp³-hybridized carbons (Fsp3) is 0.500. The minimum absolute atomic E-state index is 0.188. The molecular weight excluding hydrogens is 214 g/mol. The first-order valence-corrected chi connectivity index (χ1v) is 7.20. The minimum Gasteiger partial charge on any atom is -0.197 e. The highest BCUT2D eigenvalue weighted by atomic mass is 32.2. The maximum absolute atomic E-state index is 9.51. The monoisotopic (exact) mass is 231 g/mol. The van der Waals surface area contributed by atoms with E-state index >= 15 is 0 Å². The molecule has 0 N–H and O–H groups in total. The van der Waals surface area contributed by atoms with E-state index in [1.807, 2.05) is 11.8 Å². The normalized spacial score (nSPS) is 22.8. The van der Waals surface area contributed by atoms with Gasteiger partial charge in [-0.1, -0.05) is 24.3 Å². The molecule has 1 unspecified atom stereocenters. The number of nitriles is 1. The van der Waals surface area contributed by atoms with Crippen LogP contribution in [0.25, 0.3) is 0 Å². The van der Waals surface area contributed by atoms with Gasteiger partial charge in [0.1, 0.15) is 0 Å². The highest BCUT2D eigenvalue weighted by molar-refractivity contribution is 7.98. The second-order valence-corrected chi connectivity index (χ2v) is 5.43. The maximum atomic E-state index is 9.51. The molecule has 0 spiro atoms. The first kappa shape index (κ1) is 11.5. The minimum atomic E-state index is -0.188. The van der Waals surface area contributed by atoms with E-state index in [2.05, 4.69) is 36.6 Å². The molecule has 2 rings (SSSR count). The first-order chi connectivity index (χ1) is 7.82. The lowest BCUT2D eigenvalue weighted by Gasteiger charge is -2.21. The number of hydrogen-bond acceptors (Lipinski definition) is 2. The Hall–Kier alpha value is -0.940. The van der Waals surface area contributed by atoms with E-state index in [0.29, 0.717) is 0 Å². The van der Waals surface area contributed by atoms with Gasteiger partial charge in [0, 0.05) is 0 Å². The van der Waals surface area contributed by atoms with Crippen molar-refractivity contribution in [3.63, 3.8) is 0 Å². The molecule has 0 saturated heterocycles. The van der Waals surface area contributed by atoms with Gasteiger partial charge in [-0.15, -0.1) is 0 Å². The van der Waals surface area contributed by atoms with Crippen LogP contribution in [0.4, 0.5) is 0 Å². The number of fused-ring (bicyclic) bond motifs is 1. The van der Waals surface area contributed by atoms with E-state index in [-0.39, 0.29) is 5.41 Å². The zero-order chi connectivity index (χ0) is 11.4. The van der Waals surface area contributed by atoms with Gasteiger partial charge >= 0.3 is 0 Å². The van der Waals surface area contributed by atoms with Gasteiger partial charge in [0.2, 0.25) is 0 Å². The van der Waals surface area contributed by atoms with Gasteiger partial charge in [-0.3, -0.25) is 0 Å². The molecule has 0 heterocycles. The molecule has 1 aromatic rings. The molecule has 16 heavy (non-hydrogen) atoms. The van der Waals surface area contributed by atoms with Crippen LogP contribution in [0.2, 0.25) is 0 Å². The third kappa shape index (κ3) is 1.97. The summed E-state index contributed by atoms with van der Waals surface area (Å²) < 4.78 is 0. The molecule has 0 aliphatic heterocycles. The van der Waals surface area contributed by atoms with Gasteiger partial charge in [-0.05, 0) is 48.8 Å². The standard InChI is InChI=1S/C14H17NS/c1-16-10-4-8-14(11-15)9-7-12-5-2-3-6-13(12)14/h2-3,5-6H,4,7-10H2,1H3. The lowest BCUT2D eigenvalue weighted by atomic mass is 9.79. The smallest absolute Gasteiger partial charge is 0.0828 e. The summed E-state index contributed by atoms with van der Waals surface area (Å²) in [5, 5.41) is 9.51. The van der Waals surface area contributed by atoms with Crippen LogP contribution in [-0.2, 0) is 11.8 Å². The average molecular weight is 231 g/mol. The topological polar surface area (TPSA) is 23.8 Å². The number of aryl methyl sites for hydroxylation is 1. The Labute approximate surface area is 102 Å². The summed E-state index contributed by atoms with van der Waals surface area (Å²) in [6, 6.07) is 11.0. The molecule has 1 atom stereocenters. The second kappa shape index (κ2) is 4.93. The van der Waals surface area contributed by atoms with Crippen molar-refractivity contribution in [2.24, 2.45) is 0 Å². The Balaban J connectivity index is 2.21. The van der Waals surface area contributed by atoms with Crippen LogP contribution in [-0.4, -0.2) is 12.0 Å². The van der Waals surface area contributed by atoms with Crippen molar-refractivity contribution in [2.75, 3.05) is 12.0 Å². The Kier molecular flexibility index (Phi) is 3.56. The van der Waals surface area contributed by atoms with E-state index in [4.69, 9.17) is 0 Å². The number of hydrogen-bond donors (Lipinski definition) is 0. The fourth-order valence-electron chi connectivity index (χ4n) is 2.64. The highest BCUT2D eigenvalue weighted by Crippen LogP contribution is 2.41. The lowest BCUT2D eigenvalue weighted by Crippen LogP contribution is -2.20. The Bertz CT molecular complexity index is 407. The molecule has 1 aliphatic rings. The summed E-state index contributed by atoms with van der Waals surface area (Å²) in [5.74, 6) is 1.16. The van der Waals surface area contributed by atoms with Crippen LogP contribution >= 0.6 is 11.8 Å². The number of nitrogens with zero attached hydrogens (tertiary/aromatic N) is 1. The third-order valence-corrected chi connectivity index (χ3v) is 4.22. The van der Waals surface area contributed by atoms with Crippen molar-refractivity contribution in [3.8, 4) is 6.07 Å². The van der Waals surface area contributed by atoms with Gasteiger partial charge < -0.3 is 0 Å². The molecule has 0 aromatic heterocycles. The van der Waals surface area contributed by atoms with Gasteiger partial charge in [0.05, 0.1) is 11.5 Å². The van der Waals surface area contributed by atoms with Crippen LogP contribution in [0.5, 0.6) is 0 Å². The van der Waals surface area contributed by atoms with E-state index in [0.717, 1.165) is 31.4 Å². The van der Waals surface area contributed by atoms with E-state index in [1.165, 1.54) is 11.1 Å². The first-order valence-electron chi connectivity index (χ1n) is 5.81. The van der Waals surface area contributed by atoms with Crippen molar-refractivity contribution < 1.29 is 0 Å². The van der Waals surface area contributed by atoms with Crippen molar-refractivity contribution in [2.45, 2.75) is 31.1 Å². The zero-order valence-corrected chi connectivity index (χ0v) is 10.5. The predicted molar refractivity (Wildman–Crippen MR) is 69.7 cm³/mol. The largest absolute Gasteiger partial charge is 0.197 e. The van der Waals surface area contributed by atoms with Crippen molar-refractivity contribution in [1.29, 1.82) is 5.26 Å². The van der Waals surface area contributed by atoms with Gasteiger partial charge in [-0.25, -0.2) is 0 Å². The summed E-state index contributed by atoms with van der Waals surface area (Å²) in [4.78, 5) is 0. The van der Waals surface area contributed by atoms with Gasteiger partial charge in [-0.2, -0.15) is 17.0 Å². The molecule has 0 fully saturated rings. The van der Waals surface area contributed by atoms with Crippen LogP contribution in [0.15, 0.2) is 24.3 Å². The number of rotatable bonds is 4. The van der Waals surface area contributed by atoms with Gasteiger partial charge in [0.25, 0.3) is 0 Å². The molecular formula is C14H17NS. The van der Waals surface area contributed by atoms with E-state index in [1.54, 1.807) is 0 Å². The summed E-state index contributed by atoms with van der Waals surface area (Å²) in [5.41, 5.74) is 2.48. The van der Waals surface area contributed by atoms with Crippen molar-refractivity contribution in [3.05, 3.63) is 35.4 Å². The van der Waals surface area contributed by atoms with Gasteiger partial charge in [0.15, 0.2) is 0 Å². The van der Waals surface area contributed by atoms with E-state index < -0.39 is 0 Å². The summed E-state index contributed by atoms with van der Waals surface area (Å²) >= 11 is 1.87. The number of thioether (sulfide) groups is 1. The SMILES string of the molecule is CSCCCC1(C#N)CCc2ccccc21. The quantitative estimate of drug-likeness (QED) is 0.740. The molecule has 0 amide bonds. The second-order valence-electron chi connectivity index (χ2n) is 4.45. The van der Waals surface area contributed by atoms with Crippen molar-refractivity contribution >= 4 is 11.8 Å². The molecule has 1 aromatic carbocycles. The Morgan fingerprint density at radius 2 is 2.25 bits per heavy atom. The van der Waals surface area contributed by atoms with E-state index in [9.17, 15) is 5.26 Å². The Morgan fingerprint density at radius 3 is 3.00 bits per heavy atom. The molecule has 0 radical (unpaired) electrons. The van der Waals surface area contributed by atoms with Crippen LogP contribution < -0.4 is 0 Å². The maximum Gasteiger partial charge on any atom is 0.0828 e. The zero-order valence-electron chi connectivity index (χ0n) is 9.70. The van der Waals surface area contributed by atoms with Crippen LogP contribution in [0, 0.1) is 11.3 Å². The molecule has 1 aliphatic carbocycles. The molecule has 84 valence electrons. The highest BCUT2D eigenvalue weighted by Gasteiger charge is 2.37. The average Bonchev–Trinajstić information content (AvgIpc) is 2.70. The molecule has 2 heteroatoms. The summed E-state index contributed by atoms with van der Waals surface area (Å²) in [6.45, 7) is 0. The molecule has 0 saturated carbocycles. The molecule has 0 bridgehead atoms. The Morgan fingerprint density at radius 1 is 1.44 bits per heavy atom.